The summed E-state index contributed by atoms with van der Waals surface area (Å²) in [5.41, 5.74) is 2.48. The fourth-order valence-corrected chi connectivity index (χ4v) is 2.06. The van der Waals surface area contributed by atoms with Crippen LogP contribution in [0.4, 0.5) is 0 Å². The van der Waals surface area contributed by atoms with Crippen LogP contribution in [0.3, 0.4) is 0 Å². The maximum Gasteiger partial charge on any atom is 0.140 e. The van der Waals surface area contributed by atoms with Crippen LogP contribution >= 0.6 is 0 Å². The van der Waals surface area contributed by atoms with Crippen molar-refractivity contribution >= 4 is 11.0 Å². The second kappa shape index (κ2) is 4.74. The molecule has 19 heavy (non-hydrogen) atoms. The van der Waals surface area contributed by atoms with Crippen molar-refractivity contribution in [3.8, 4) is 5.75 Å². The highest BCUT2D eigenvalue weighted by atomic mass is 16.5. The second-order valence-electron chi connectivity index (χ2n) is 4.32. The molecule has 0 amide bonds. The van der Waals surface area contributed by atoms with Gasteiger partial charge in [0.25, 0.3) is 0 Å². The quantitative estimate of drug-likeness (QED) is 0.755. The zero-order valence-electron chi connectivity index (χ0n) is 10.5. The number of H-pyrrole nitrogens is 1. The molecule has 0 saturated heterocycles. The fourth-order valence-electron chi connectivity index (χ4n) is 2.06. The van der Waals surface area contributed by atoms with Crippen molar-refractivity contribution in [1.29, 1.82) is 0 Å². The van der Waals surface area contributed by atoms with Gasteiger partial charge >= 0.3 is 0 Å². The first-order valence-corrected chi connectivity index (χ1v) is 6.04. The van der Waals surface area contributed by atoms with Gasteiger partial charge in [0.05, 0.1) is 18.1 Å². The van der Waals surface area contributed by atoms with Crippen molar-refractivity contribution in [3.63, 3.8) is 0 Å². The van der Waals surface area contributed by atoms with E-state index in [1.54, 1.807) is 7.11 Å². The molecule has 96 valence electrons. The monoisotopic (exact) mass is 254 g/mol. The van der Waals surface area contributed by atoms with Crippen LogP contribution in [0.15, 0.2) is 48.5 Å². The minimum Gasteiger partial charge on any atom is -0.497 e. The predicted molar refractivity (Wildman–Crippen MR) is 73.1 cm³/mol. The lowest BCUT2D eigenvalue weighted by Crippen LogP contribution is -2.01. The Labute approximate surface area is 110 Å². The van der Waals surface area contributed by atoms with E-state index in [1.807, 2.05) is 48.5 Å². The number of benzene rings is 2. The maximum absolute atomic E-state index is 10.3. The van der Waals surface area contributed by atoms with E-state index in [0.717, 1.165) is 22.3 Å². The number of rotatable bonds is 3. The lowest BCUT2D eigenvalue weighted by Gasteiger charge is -2.06. The molecule has 0 aliphatic carbocycles. The molecule has 0 radical (unpaired) electrons. The molecule has 1 heterocycles. The van der Waals surface area contributed by atoms with E-state index in [2.05, 4.69) is 9.97 Å². The van der Waals surface area contributed by atoms with E-state index < -0.39 is 6.10 Å². The van der Waals surface area contributed by atoms with E-state index >= 15 is 0 Å². The third-order valence-corrected chi connectivity index (χ3v) is 3.08. The zero-order chi connectivity index (χ0) is 13.2. The Hall–Kier alpha value is -2.33. The largest absolute Gasteiger partial charge is 0.497 e. The lowest BCUT2D eigenvalue weighted by atomic mass is 10.1. The normalized spacial score (nSPS) is 12.5. The van der Waals surface area contributed by atoms with Crippen molar-refractivity contribution in [2.75, 3.05) is 7.11 Å². The summed E-state index contributed by atoms with van der Waals surface area (Å²) in [6.45, 7) is 0. The number of aliphatic hydroxyl groups excluding tert-OH is 1. The number of imidazole rings is 1. The molecule has 4 heteroatoms. The Balaban J connectivity index is 2.01. The molecule has 2 aromatic carbocycles. The van der Waals surface area contributed by atoms with Crippen LogP contribution in [0.1, 0.15) is 17.5 Å². The molecular weight excluding hydrogens is 240 g/mol. The number of hydrogen-bond donors (Lipinski definition) is 2. The van der Waals surface area contributed by atoms with E-state index in [0.29, 0.717) is 5.82 Å². The molecule has 4 nitrogen and oxygen atoms in total. The van der Waals surface area contributed by atoms with Crippen molar-refractivity contribution in [2.24, 2.45) is 0 Å². The number of methoxy groups -OCH3 is 1. The average Bonchev–Trinajstić information content (AvgIpc) is 2.90. The van der Waals surface area contributed by atoms with Crippen molar-refractivity contribution in [2.45, 2.75) is 6.10 Å². The fraction of sp³-hybridized carbons (Fsp3) is 0.133. The average molecular weight is 254 g/mol. The highest BCUT2D eigenvalue weighted by molar-refractivity contribution is 5.77. The molecule has 0 saturated carbocycles. The van der Waals surface area contributed by atoms with Crippen LogP contribution in [0.25, 0.3) is 11.0 Å². The molecule has 0 unspecified atom stereocenters. The number of nitrogens with one attached hydrogen (secondary N) is 1. The number of aliphatic hydroxyl groups is 1. The molecule has 1 aromatic heterocycles. The first kappa shape index (κ1) is 11.7. The summed E-state index contributed by atoms with van der Waals surface area (Å²) in [7, 11) is 1.62. The molecule has 1 atom stereocenters. The maximum atomic E-state index is 10.3. The van der Waals surface area contributed by atoms with Crippen LogP contribution in [-0.4, -0.2) is 22.2 Å². The number of aromatic nitrogens is 2. The Kier molecular flexibility index (Phi) is 2.93. The predicted octanol–water partition coefficient (Wildman–Crippen LogP) is 2.65. The third-order valence-electron chi connectivity index (χ3n) is 3.08. The van der Waals surface area contributed by atoms with E-state index in [1.165, 1.54) is 0 Å². The van der Waals surface area contributed by atoms with Crippen LogP contribution in [0.2, 0.25) is 0 Å². The number of fused-ring (bicyclic) bond motifs is 1. The first-order chi connectivity index (χ1) is 9.28. The number of nitrogens with zero attached hydrogens (tertiary/aromatic N) is 1. The van der Waals surface area contributed by atoms with E-state index in [9.17, 15) is 5.11 Å². The molecule has 0 aliphatic rings. The van der Waals surface area contributed by atoms with Crippen molar-refractivity contribution in [1.82, 2.24) is 9.97 Å². The van der Waals surface area contributed by atoms with Gasteiger partial charge in [-0.2, -0.15) is 0 Å². The van der Waals surface area contributed by atoms with Crippen molar-refractivity contribution in [3.05, 3.63) is 59.9 Å². The molecular formula is C15H14N2O2. The molecule has 0 fully saturated rings. The van der Waals surface area contributed by atoms with E-state index in [4.69, 9.17) is 4.74 Å². The van der Waals surface area contributed by atoms with Gasteiger partial charge in [-0.3, -0.25) is 0 Å². The van der Waals surface area contributed by atoms with Gasteiger partial charge in [-0.05, 0) is 17.7 Å². The van der Waals surface area contributed by atoms with Gasteiger partial charge in [-0.25, -0.2) is 4.98 Å². The minimum absolute atomic E-state index is 0.537. The smallest absolute Gasteiger partial charge is 0.140 e. The topological polar surface area (TPSA) is 58.1 Å². The molecule has 3 aromatic rings. The minimum atomic E-state index is -0.750. The van der Waals surface area contributed by atoms with Crippen LogP contribution in [0, 0.1) is 0 Å². The summed E-state index contributed by atoms with van der Waals surface area (Å²) < 4.78 is 5.17. The Morgan fingerprint density at radius 2 is 1.95 bits per heavy atom. The third kappa shape index (κ3) is 2.18. The van der Waals surface area contributed by atoms with Gasteiger partial charge in [-0.1, -0.05) is 30.3 Å². The molecule has 2 N–H and O–H groups in total. The van der Waals surface area contributed by atoms with Gasteiger partial charge < -0.3 is 14.8 Å². The van der Waals surface area contributed by atoms with Crippen LogP contribution in [0.5, 0.6) is 5.75 Å². The molecule has 3 rings (SSSR count). The number of aromatic amines is 1. The summed E-state index contributed by atoms with van der Waals surface area (Å²) in [6, 6.07) is 15.0. The number of ether oxygens (including phenoxy) is 1. The summed E-state index contributed by atoms with van der Waals surface area (Å²) in [6.07, 6.45) is -0.750. The summed E-state index contributed by atoms with van der Waals surface area (Å²) in [5, 5.41) is 10.3. The second-order valence-corrected chi connectivity index (χ2v) is 4.32. The van der Waals surface area contributed by atoms with Gasteiger partial charge in [0.15, 0.2) is 0 Å². The van der Waals surface area contributed by atoms with E-state index in [-0.39, 0.29) is 0 Å². The van der Waals surface area contributed by atoms with Gasteiger partial charge in [0, 0.05) is 6.07 Å². The van der Waals surface area contributed by atoms with Crippen molar-refractivity contribution < 1.29 is 9.84 Å². The van der Waals surface area contributed by atoms with Crippen LogP contribution < -0.4 is 4.74 Å². The SMILES string of the molecule is COc1ccc2nc([C@H](O)c3ccccc3)[nH]c2c1. The van der Waals surface area contributed by atoms with Gasteiger partial charge in [0.1, 0.15) is 17.7 Å². The number of hydrogen-bond acceptors (Lipinski definition) is 3. The van der Waals surface area contributed by atoms with Crippen LogP contribution in [-0.2, 0) is 0 Å². The Morgan fingerprint density at radius 1 is 1.16 bits per heavy atom. The lowest BCUT2D eigenvalue weighted by molar-refractivity contribution is 0.211. The Bertz CT molecular complexity index is 692. The molecule has 0 spiro atoms. The highest BCUT2D eigenvalue weighted by Gasteiger charge is 2.14. The first-order valence-electron chi connectivity index (χ1n) is 6.04. The van der Waals surface area contributed by atoms with Gasteiger partial charge in [-0.15, -0.1) is 0 Å². The molecule has 0 bridgehead atoms. The Morgan fingerprint density at radius 3 is 2.68 bits per heavy atom. The highest BCUT2D eigenvalue weighted by Crippen LogP contribution is 2.24. The summed E-state index contributed by atoms with van der Waals surface area (Å²) in [5.74, 6) is 1.30. The summed E-state index contributed by atoms with van der Waals surface area (Å²) in [4.78, 5) is 7.53. The zero-order valence-corrected chi connectivity index (χ0v) is 10.5. The molecule has 0 aliphatic heterocycles. The van der Waals surface area contributed by atoms with Gasteiger partial charge in [0.2, 0.25) is 0 Å². The standard InChI is InChI=1S/C15H14N2O2/c1-19-11-7-8-12-13(9-11)17-15(16-12)14(18)10-5-3-2-4-6-10/h2-9,14,18H,1H3,(H,16,17)/t14-/m1/s1. The summed E-state index contributed by atoms with van der Waals surface area (Å²) >= 11 is 0.